The van der Waals surface area contributed by atoms with E-state index in [4.69, 9.17) is 10.6 Å². The summed E-state index contributed by atoms with van der Waals surface area (Å²) < 4.78 is 9.28. The molecule has 31 heavy (non-hydrogen) atoms. The number of para-hydroxylation sites is 1. The van der Waals surface area contributed by atoms with Crippen LogP contribution < -0.4 is 32.6 Å². The minimum atomic E-state index is -1.01. The van der Waals surface area contributed by atoms with Crippen LogP contribution in [0.4, 0.5) is 5.95 Å². The Morgan fingerprint density at radius 2 is 1.97 bits per heavy atom. The normalized spacial score (nSPS) is 12.0. The lowest BCUT2D eigenvalue weighted by atomic mass is 10.2. The molecule has 2 heterocycles. The molecule has 0 radical (unpaired) electrons. The average Bonchev–Trinajstić information content (AvgIpc) is 3.12. The summed E-state index contributed by atoms with van der Waals surface area (Å²) in [6, 6.07) is 7.39. The molecule has 3 rings (SSSR count). The zero-order valence-corrected chi connectivity index (χ0v) is 17.5. The van der Waals surface area contributed by atoms with Gasteiger partial charge in [0.1, 0.15) is 18.5 Å². The van der Waals surface area contributed by atoms with Crippen LogP contribution in [0.3, 0.4) is 0 Å². The molecule has 1 aromatic carbocycles. The van der Waals surface area contributed by atoms with Gasteiger partial charge in [0.25, 0.3) is 11.5 Å². The molecule has 0 aliphatic carbocycles. The highest BCUT2D eigenvalue weighted by Crippen LogP contribution is 2.18. The van der Waals surface area contributed by atoms with Gasteiger partial charge in [0.15, 0.2) is 11.2 Å². The Morgan fingerprint density at radius 3 is 2.65 bits per heavy atom. The number of nitrogens with zero attached hydrogens (tertiary/aromatic N) is 4. The SMILES string of the molecule is Cc1ccccc1OCC(O)Cn1c(NCC(=O)NN)nc2c1c(=O)n(C)c(=O)n2C. The zero-order chi connectivity index (χ0) is 22.7. The second kappa shape index (κ2) is 9.02. The largest absolute Gasteiger partial charge is 0.491 e. The number of aryl methyl sites for hydroxylation is 2. The predicted molar refractivity (Wildman–Crippen MR) is 114 cm³/mol. The third kappa shape index (κ3) is 4.44. The van der Waals surface area contributed by atoms with Gasteiger partial charge in [-0.3, -0.25) is 24.1 Å². The van der Waals surface area contributed by atoms with Crippen LogP contribution in [0.15, 0.2) is 33.9 Å². The number of rotatable bonds is 8. The number of anilines is 1. The van der Waals surface area contributed by atoms with Gasteiger partial charge < -0.3 is 19.7 Å². The lowest BCUT2D eigenvalue weighted by Gasteiger charge is -2.16. The minimum Gasteiger partial charge on any atom is -0.491 e. The van der Waals surface area contributed by atoms with Crippen molar-refractivity contribution in [3.05, 3.63) is 50.7 Å². The molecule has 0 saturated heterocycles. The van der Waals surface area contributed by atoms with E-state index in [9.17, 15) is 19.5 Å². The molecule has 1 amide bonds. The molecule has 0 saturated carbocycles. The molecule has 0 spiro atoms. The number of carbonyl (C=O) groups is 1. The quantitative estimate of drug-likeness (QED) is 0.192. The number of ether oxygens (including phenoxy) is 1. The minimum absolute atomic E-state index is 0.0423. The fourth-order valence-electron chi connectivity index (χ4n) is 3.14. The van der Waals surface area contributed by atoms with Gasteiger partial charge in [0, 0.05) is 14.1 Å². The van der Waals surface area contributed by atoms with Crippen molar-refractivity contribution in [3.8, 4) is 5.75 Å². The number of hydrogen-bond donors (Lipinski definition) is 4. The van der Waals surface area contributed by atoms with Gasteiger partial charge in [0.05, 0.1) is 13.1 Å². The smallest absolute Gasteiger partial charge is 0.332 e. The van der Waals surface area contributed by atoms with Crippen LogP contribution in [0.5, 0.6) is 5.75 Å². The fraction of sp³-hybridized carbons (Fsp3) is 0.368. The Labute approximate surface area is 176 Å². The van der Waals surface area contributed by atoms with Gasteiger partial charge >= 0.3 is 5.69 Å². The zero-order valence-electron chi connectivity index (χ0n) is 17.5. The van der Waals surface area contributed by atoms with E-state index in [2.05, 4.69) is 10.3 Å². The lowest BCUT2D eigenvalue weighted by Crippen LogP contribution is -2.38. The maximum atomic E-state index is 12.8. The molecule has 0 aliphatic rings. The number of nitrogens with two attached hydrogens (primary N) is 1. The van der Waals surface area contributed by atoms with Crippen LogP contribution in [0, 0.1) is 6.92 Å². The summed E-state index contributed by atoms with van der Waals surface area (Å²) in [6.07, 6.45) is -1.01. The van der Waals surface area contributed by atoms with E-state index in [1.54, 1.807) is 6.07 Å². The number of benzene rings is 1. The van der Waals surface area contributed by atoms with E-state index in [1.807, 2.05) is 30.5 Å². The van der Waals surface area contributed by atoms with Crippen molar-refractivity contribution in [1.82, 2.24) is 24.1 Å². The van der Waals surface area contributed by atoms with Gasteiger partial charge in [-0.25, -0.2) is 10.6 Å². The van der Waals surface area contributed by atoms with Gasteiger partial charge in [-0.2, -0.15) is 4.98 Å². The van der Waals surface area contributed by atoms with Gasteiger partial charge in [-0.15, -0.1) is 0 Å². The molecule has 12 heteroatoms. The average molecular weight is 431 g/mol. The first-order chi connectivity index (χ1) is 14.7. The van der Waals surface area contributed by atoms with E-state index >= 15 is 0 Å². The molecule has 0 bridgehead atoms. The molecule has 0 fully saturated rings. The van der Waals surface area contributed by atoms with E-state index in [-0.39, 0.29) is 36.8 Å². The summed E-state index contributed by atoms with van der Waals surface area (Å²) in [5, 5.41) is 13.4. The number of hydrogen-bond acceptors (Lipinski definition) is 8. The van der Waals surface area contributed by atoms with Crippen molar-refractivity contribution < 1.29 is 14.6 Å². The summed E-state index contributed by atoms with van der Waals surface area (Å²) >= 11 is 0. The van der Waals surface area contributed by atoms with Crippen LogP contribution >= 0.6 is 0 Å². The van der Waals surface area contributed by atoms with Crippen LogP contribution in [0.25, 0.3) is 11.2 Å². The second-order valence-electron chi connectivity index (χ2n) is 7.08. The number of aromatic nitrogens is 4. The van der Waals surface area contributed by atoms with Crippen molar-refractivity contribution in [1.29, 1.82) is 0 Å². The Balaban J connectivity index is 1.96. The summed E-state index contributed by atoms with van der Waals surface area (Å²) in [5.41, 5.74) is 2.01. The molecule has 166 valence electrons. The molecular weight excluding hydrogens is 406 g/mol. The summed E-state index contributed by atoms with van der Waals surface area (Å²) in [5.74, 6) is 5.36. The molecule has 0 aliphatic heterocycles. The van der Waals surface area contributed by atoms with Crippen molar-refractivity contribution in [3.63, 3.8) is 0 Å². The first kappa shape index (κ1) is 22.1. The topological polar surface area (TPSA) is 158 Å². The first-order valence-corrected chi connectivity index (χ1v) is 9.50. The molecule has 3 aromatic rings. The van der Waals surface area contributed by atoms with Crippen LogP contribution in [-0.2, 0) is 25.4 Å². The predicted octanol–water partition coefficient (Wildman–Crippen LogP) is -1.42. The third-order valence-electron chi connectivity index (χ3n) is 4.83. The monoisotopic (exact) mass is 431 g/mol. The van der Waals surface area contributed by atoms with E-state index < -0.39 is 23.3 Å². The Bertz CT molecular complexity index is 1230. The third-order valence-corrected chi connectivity index (χ3v) is 4.83. The van der Waals surface area contributed by atoms with Gasteiger partial charge in [0.2, 0.25) is 5.95 Å². The molecule has 1 unspecified atom stereocenters. The maximum absolute atomic E-state index is 12.8. The standard InChI is InChI=1S/C19H25N7O5/c1-11-6-4-5-7-13(11)31-10-12(27)9-26-15-16(22-18(26)21-8-14(28)23-20)24(2)19(30)25(3)17(15)29/h4-7,12,27H,8-10,20H2,1-3H3,(H,21,22)(H,23,28). The number of hydrazine groups is 1. The van der Waals surface area contributed by atoms with Crippen LogP contribution in [0.1, 0.15) is 5.56 Å². The number of nitrogens with one attached hydrogen (secondary N) is 2. The van der Waals surface area contributed by atoms with Crippen LogP contribution in [-0.4, -0.2) is 49.0 Å². The molecule has 1 atom stereocenters. The van der Waals surface area contributed by atoms with Crippen molar-refractivity contribution in [2.75, 3.05) is 18.5 Å². The number of amides is 1. The van der Waals surface area contributed by atoms with Gasteiger partial charge in [-0.1, -0.05) is 18.2 Å². The Kier molecular flexibility index (Phi) is 6.42. The number of aliphatic hydroxyl groups excluding tert-OH is 1. The molecule has 2 aromatic heterocycles. The van der Waals surface area contributed by atoms with E-state index in [1.165, 1.54) is 23.2 Å². The Hall–Kier alpha value is -3.64. The number of fused-ring (bicyclic) bond motifs is 1. The highest BCUT2D eigenvalue weighted by Gasteiger charge is 2.21. The lowest BCUT2D eigenvalue weighted by molar-refractivity contribution is -0.119. The van der Waals surface area contributed by atoms with E-state index in [0.717, 1.165) is 10.1 Å². The van der Waals surface area contributed by atoms with Crippen molar-refractivity contribution in [2.45, 2.75) is 19.6 Å². The first-order valence-electron chi connectivity index (χ1n) is 9.50. The Morgan fingerprint density at radius 1 is 1.26 bits per heavy atom. The summed E-state index contributed by atoms with van der Waals surface area (Å²) in [4.78, 5) is 40.9. The second-order valence-corrected chi connectivity index (χ2v) is 7.08. The van der Waals surface area contributed by atoms with Crippen molar-refractivity contribution >= 4 is 23.0 Å². The number of carbonyl (C=O) groups excluding carboxylic acids is 1. The fourth-order valence-corrected chi connectivity index (χ4v) is 3.14. The number of aliphatic hydroxyl groups is 1. The highest BCUT2D eigenvalue weighted by atomic mass is 16.5. The number of imidazole rings is 1. The maximum Gasteiger partial charge on any atom is 0.332 e. The van der Waals surface area contributed by atoms with Gasteiger partial charge in [-0.05, 0) is 18.6 Å². The summed E-state index contributed by atoms with van der Waals surface area (Å²) in [6.45, 7) is 1.56. The highest BCUT2D eigenvalue weighted by molar-refractivity contribution is 5.81. The molecular formula is C19H25N7O5. The van der Waals surface area contributed by atoms with E-state index in [0.29, 0.717) is 5.75 Å². The summed E-state index contributed by atoms with van der Waals surface area (Å²) in [7, 11) is 2.84. The van der Waals surface area contributed by atoms with Crippen molar-refractivity contribution in [2.24, 2.45) is 19.9 Å². The molecule has 12 nitrogen and oxygen atoms in total. The van der Waals surface area contributed by atoms with Crippen LogP contribution in [0.2, 0.25) is 0 Å². The molecule has 5 N–H and O–H groups in total.